The van der Waals surface area contributed by atoms with Gasteiger partial charge in [-0.25, -0.2) is 0 Å². The first-order valence-corrected chi connectivity index (χ1v) is 13.5. The number of benzene rings is 1. The summed E-state index contributed by atoms with van der Waals surface area (Å²) in [7, 11) is 0. The number of hydrogen-bond acceptors (Lipinski definition) is 6. The highest BCUT2D eigenvalue weighted by molar-refractivity contribution is 14.1. The number of aliphatic imine (C=N–C) groups is 1. The van der Waals surface area contributed by atoms with Crippen LogP contribution in [0.5, 0.6) is 0 Å². The molecule has 9 heteroatoms. The standard InChI is InChI=1S/C26H32IN5O3/c27-23-14-18(7-8-19(16-24(33)34)21-5-2-10-28-17-21)9-13-32(23)25(35)20-4-1-6-22(15-20)31-26-29-11-3-12-30-26/h1-2,4-6,10,15,17-19,23H,3,7-9,11-14,16H2,(H,33,34)(H2,29,30,31). The summed E-state index contributed by atoms with van der Waals surface area (Å²) in [6.45, 7) is 2.41. The second kappa shape index (κ2) is 12.3. The van der Waals surface area contributed by atoms with Crippen LogP contribution in [0.2, 0.25) is 0 Å². The van der Waals surface area contributed by atoms with E-state index in [4.69, 9.17) is 0 Å². The average molecular weight is 589 g/mol. The lowest BCUT2D eigenvalue weighted by molar-refractivity contribution is -0.137. The minimum absolute atomic E-state index is 0.0352. The maximum atomic E-state index is 13.3. The number of likely N-dealkylation sites (tertiary alicyclic amines) is 1. The number of aliphatic carboxylic acids is 1. The van der Waals surface area contributed by atoms with Crippen molar-refractivity contribution in [1.29, 1.82) is 0 Å². The number of carboxylic acids is 1. The van der Waals surface area contributed by atoms with Gasteiger partial charge in [0.05, 0.1) is 10.5 Å². The first-order chi connectivity index (χ1) is 17.0. The van der Waals surface area contributed by atoms with Gasteiger partial charge in [0.1, 0.15) is 0 Å². The number of hydrogen-bond donors (Lipinski definition) is 3. The van der Waals surface area contributed by atoms with Crippen molar-refractivity contribution in [3.8, 4) is 0 Å². The summed E-state index contributed by atoms with van der Waals surface area (Å²) in [5.41, 5.74) is 2.50. The number of aromatic nitrogens is 1. The fourth-order valence-corrected chi connectivity index (χ4v) is 6.02. The van der Waals surface area contributed by atoms with Gasteiger partial charge in [0.25, 0.3) is 5.91 Å². The largest absolute Gasteiger partial charge is 0.481 e. The molecule has 4 rings (SSSR count). The zero-order valence-electron chi connectivity index (χ0n) is 19.7. The van der Waals surface area contributed by atoms with E-state index in [2.05, 4.69) is 43.2 Å². The minimum atomic E-state index is -0.783. The molecule has 1 fully saturated rings. The minimum Gasteiger partial charge on any atom is -0.481 e. The van der Waals surface area contributed by atoms with Gasteiger partial charge in [0, 0.05) is 43.3 Å². The third-order valence-electron chi connectivity index (χ3n) is 6.67. The highest BCUT2D eigenvalue weighted by atomic mass is 127. The fraction of sp³-hybridized carbons (Fsp3) is 0.462. The van der Waals surface area contributed by atoms with Gasteiger partial charge in [-0.3, -0.25) is 19.6 Å². The highest BCUT2D eigenvalue weighted by Gasteiger charge is 2.31. The predicted octanol–water partition coefficient (Wildman–Crippen LogP) is 4.49. The summed E-state index contributed by atoms with van der Waals surface area (Å²) in [5.74, 6) is 0.448. The molecule has 2 aliphatic rings. The molecule has 186 valence electrons. The molecule has 1 aromatic heterocycles. The van der Waals surface area contributed by atoms with Gasteiger partial charge >= 0.3 is 5.97 Å². The second-order valence-electron chi connectivity index (χ2n) is 9.20. The molecule has 3 heterocycles. The van der Waals surface area contributed by atoms with E-state index >= 15 is 0 Å². The molecule has 0 bridgehead atoms. The third kappa shape index (κ3) is 7.16. The number of nitrogens with zero attached hydrogens (tertiary/aromatic N) is 3. The molecule has 0 spiro atoms. The average Bonchev–Trinajstić information content (AvgIpc) is 2.87. The Bertz CT molecular complexity index is 1050. The zero-order chi connectivity index (χ0) is 24.6. The lowest BCUT2D eigenvalue weighted by Crippen LogP contribution is -2.43. The van der Waals surface area contributed by atoms with E-state index in [-0.39, 0.29) is 22.3 Å². The zero-order valence-corrected chi connectivity index (χ0v) is 21.9. The SMILES string of the molecule is O=C(O)CC(CCC1CCN(C(=O)c2cccc(NC3=NCCCN3)c2)C(I)C1)c1cccnc1. The Morgan fingerprint density at radius 3 is 2.89 bits per heavy atom. The van der Waals surface area contributed by atoms with E-state index in [1.807, 2.05) is 41.3 Å². The van der Waals surface area contributed by atoms with Gasteiger partial charge in [-0.2, -0.15) is 0 Å². The molecule has 1 saturated heterocycles. The molecule has 2 aromatic rings. The summed E-state index contributed by atoms with van der Waals surface area (Å²) in [5, 5.41) is 15.9. The molecule has 3 unspecified atom stereocenters. The van der Waals surface area contributed by atoms with E-state index < -0.39 is 5.97 Å². The van der Waals surface area contributed by atoms with Crippen LogP contribution in [0.4, 0.5) is 5.69 Å². The number of carbonyl (C=O) groups is 2. The Morgan fingerprint density at radius 2 is 2.17 bits per heavy atom. The van der Waals surface area contributed by atoms with Crippen molar-refractivity contribution in [1.82, 2.24) is 15.2 Å². The van der Waals surface area contributed by atoms with Crippen molar-refractivity contribution in [2.24, 2.45) is 10.9 Å². The van der Waals surface area contributed by atoms with E-state index in [0.717, 1.165) is 62.4 Å². The maximum absolute atomic E-state index is 13.3. The number of carbonyl (C=O) groups excluding carboxylic acids is 1. The van der Waals surface area contributed by atoms with Crippen LogP contribution in [0, 0.1) is 5.92 Å². The molecule has 0 radical (unpaired) electrons. The quantitative estimate of drug-likeness (QED) is 0.238. The Hall–Kier alpha value is -2.69. The number of anilines is 1. The molecule has 1 amide bonds. The topological polar surface area (TPSA) is 107 Å². The van der Waals surface area contributed by atoms with Crippen LogP contribution in [0.1, 0.15) is 60.4 Å². The van der Waals surface area contributed by atoms with Crippen molar-refractivity contribution in [3.05, 3.63) is 59.9 Å². The number of rotatable bonds is 8. The van der Waals surface area contributed by atoms with Crippen molar-refractivity contribution in [3.63, 3.8) is 0 Å². The Labute approximate surface area is 219 Å². The van der Waals surface area contributed by atoms with E-state index in [0.29, 0.717) is 18.0 Å². The van der Waals surface area contributed by atoms with Gasteiger partial charge < -0.3 is 20.6 Å². The number of pyridine rings is 1. The lowest BCUT2D eigenvalue weighted by Gasteiger charge is -2.37. The number of carboxylic acid groups (broad SMARTS) is 1. The Balaban J connectivity index is 1.33. The van der Waals surface area contributed by atoms with Crippen LogP contribution < -0.4 is 10.6 Å². The normalized spacial score (nSPS) is 20.9. The molecule has 8 nitrogen and oxygen atoms in total. The highest BCUT2D eigenvalue weighted by Crippen LogP contribution is 2.34. The van der Waals surface area contributed by atoms with Gasteiger partial charge in [-0.1, -0.05) is 34.7 Å². The molecular weight excluding hydrogens is 557 g/mol. The van der Waals surface area contributed by atoms with Gasteiger partial charge in [0.2, 0.25) is 0 Å². The number of nitrogens with one attached hydrogen (secondary N) is 2. The monoisotopic (exact) mass is 589 g/mol. The van der Waals surface area contributed by atoms with Crippen LogP contribution in [0.25, 0.3) is 0 Å². The first kappa shape index (κ1) is 25.4. The molecule has 0 saturated carbocycles. The molecule has 35 heavy (non-hydrogen) atoms. The van der Waals surface area contributed by atoms with Crippen LogP contribution in [0.3, 0.4) is 0 Å². The van der Waals surface area contributed by atoms with E-state index in [1.165, 1.54) is 0 Å². The molecule has 0 aliphatic carbocycles. The van der Waals surface area contributed by atoms with E-state index in [9.17, 15) is 14.7 Å². The van der Waals surface area contributed by atoms with Crippen LogP contribution >= 0.6 is 22.6 Å². The summed E-state index contributed by atoms with van der Waals surface area (Å²) >= 11 is 2.37. The summed E-state index contributed by atoms with van der Waals surface area (Å²) in [6, 6.07) is 11.4. The number of alkyl halides is 1. The summed E-state index contributed by atoms with van der Waals surface area (Å²) in [6.07, 6.45) is 8.23. The third-order valence-corrected chi connectivity index (χ3v) is 7.86. The number of piperidine rings is 1. The van der Waals surface area contributed by atoms with Crippen molar-refractivity contribution < 1.29 is 14.7 Å². The van der Waals surface area contributed by atoms with E-state index in [1.54, 1.807) is 12.4 Å². The summed E-state index contributed by atoms with van der Waals surface area (Å²) < 4.78 is 0.108. The Kier molecular flexibility index (Phi) is 8.95. The smallest absolute Gasteiger partial charge is 0.303 e. The number of guanidine groups is 1. The molecule has 3 N–H and O–H groups in total. The lowest BCUT2D eigenvalue weighted by atomic mass is 9.85. The van der Waals surface area contributed by atoms with Crippen molar-refractivity contribution in [2.45, 2.75) is 48.5 Å². The van der Waals surface area contributed by atoms with Crippen molar-refractivity contribution >= 4 is 46.1 Å². The van der Waals surface area contributed by atoms with Gasteiger partial charge in [-0.05, 0) is 73.8 Å². The fourth-order valence-electron chi connectivity index (χ4n) is 4.77. The number of amides is 1. The predicted molar refractivity (Wildman–Crippen MR) is 145 cm³/mol. The number of halogens is 1. The van der Waals surface area contributed by atoms with Crippen LogP contribution in [-0.4, -0.2) is 56.5 Å². The van der Waals surface area contributed by atoms with Crippen LogP contribution in [0.15, 0.2) is 53.8 Å². The van der Waals surface area contributed by atoms with Crippen LogP contribution in [-0.2, 0) is 4.79 Å². The second-order valence-corrected chi connectivity index (χ2v) is 10.6. The molecular formula is C26H32IN5O3. The van der Waals surface area contributed by atoms with Gasteiger partial charge in [-0.15, -0.1) is 0 Å². The van der Waals surface area contributed by atoms with Gasteiger partial charge in [0.15, 0.2) is 5.96 Å². The summed E-state index contributed by atoms with van der Waals surface area (Å²) in [4.78, 5) is 35.3. The Morgan fingerprint density at radius 1 is 1.29 bits per heavy atom. The van der Waals surface area contributed by atoms with Crippen molar-refractivity contribution in [2.75, 3.05) is 25.0 Å². The molecule has 3 atom stereocenters. The maximum Gasteiger partial charge on any atom is 0.303 e. The molecule has 2 aliphatic heterocycles. The molecule has 1 aromatic carbocycles. The first-order valence-electron chi connectivity index (χ1n) is 12.2.